The minimum absolute atomic E-state index is 0.0420. The van der Waals surface area contributed by atoms with Crippen LogP contribution in [-0.2, 0) is 6.54 Å². The van der Waals surface area contributed by atoms with E-state index in [1.165, 1.54) is 27.5 Å². The first kappa shape index (κ1) is 19.7. The number of H-pyrrole nitrogens is 1. The standard InChI is InChI=1S/C22H28N2O2S/c1-14(2)19-20(27-18-12-15(3)11-16(4)13-18)23-22(26)24(21(19)25)10-9-17-7-5-6-8-17/h5,7,11-14,17H,6,8-10H2,1-4H3,(H,23,26). The number of allylic oxidation sites excluding steroid dienone is 2. The molecule has 144 valence electrons. The topological polar surface area (TPSA) is 54.9 Å². The largest absolute Gasteiger partial charge is 0.329 e. The molecule has 1 aliphatic rings. The molecule has 0 bridgehead atoms. The summed E-state index contributed by atoms with van der Waals surface area (Å²) >= 11 is 1.47. The van der Waals surface area contributed by atoms with E-state index >= 15 is 0 Å². The second kappa shape index (κ2) is 8.34. The first-order valence-electron chi connectivity index (χ1n) is 9.65. The Bertz CT molecular complexity index is 949. The molecule has 0 spiro atoms. The van der Waals surface area contributed by atoms with Crippen LogP contribution in [0.2, 0.25) is 0 Å². The number of nitrogens with one attached hydrogen (secondary N) is 1. The number of aryl methyl sites for hydroxylation is 2. The van der Waals surface area contributed by atoms with E-state index in [9.17, 15) is 9.59 Å². The maximum Gasteiger partial charge on any atom is 0.329 e. The van der Waals surface area contributed by atoms with Crippen molar-refractivity contribution < 1.29 is 0 Å². The zero-order chi connectivity index (χ0) is 19.6. The minimum atomic E-state index is -0.307. The van der Waals surface area contributed by atoms with Crippen molar-refractivity contribution in [3.8, 4) is 0 Å². The lowest BCUT2D eigenvalue weighted by atomic mass is 10.0. The molecule has 4 nitrogen and oxygen atoms in total. The minimum Gasteiger partial charge on any atom is -0.301 e. The van der Waals surface area contributed by atoms with Crippen LogP contribution in [0.4, 0.5) is 0 Å². The molecule has 0 saturated heterocycles. The monoisotopic (exact) mass is 384 g/mol. The van der Waals surface area contributed by atoms with Gasteiger partial charge in [-0.1, -0.05) is 43.8 Å². The highest BCUT2D eigenvalue weighted by Gasteiger charge is 2.19. The molecule has 1 aliphatic carbocycles. The SMILES string of the molecule is Cc1cc(C)cc(Sc2[nH]c(=O)n(CCC3C=CCC3)c(=O)c2C(C)C)c1. The molecule has 1 heterocycles. The van der Waals surface area contributed by atoms with Gasteiger partial charge in [-0.2, -0.15) is 0 Å². The van der Waals surface area contributed by atoms with Gasteiger partial charge in [-0.3, -0.25) is 9.36 Å². The molecule has 0 fully saturated rings. The predicted octanol–water partition coefficient (Wildman–Crippen LogP) is 4.78. The quantitative estimate of drug-likeness (QED) is 0.576. The van der Waals surface area contributed by atoms with Gasteiger partial charge in [0.15, 0.2) is 0 Å². The Hall–Kier alpha value is -2.01. The Labute approximate surface area is 164 Å². The van der Waals surface area contributed by atoms with E-state index in [0.717, 1.165) is 24.2 Å². The van der Waals surface area contributed by atoms with Gasteiger partial charge in [0.05, 0.1) is 10.6 Å². The summed E-state index contributed by atoms with van der Waals surface area (Å²) in [7, 11) is 0. The number of nitrogens with zero attached hydrogens (tertiary/aromatic N) is 1. The van der Waals surface area contributed by atoms with Gasteiger partial charge in [-0.15, -0.1) is 0 Å². The molecule has 3 rings (SSSR count). The third-order valence-corrected chi connectivity index (χ3v) is 6.01. The second-order valence-electron chi connectivity index (χ2n) is 7.76. The highest BCUT2D eigenvalue weighted by molar-refractivity contribution is 7.99. The van der Waals surface area contributed by atoms with E-state index in [2.05, 4.69) is 49.2 Å². The summed E-state index contributed by atoms with van der Waals surface area (Å²) in [4.78, 5) is 29.8. The Morgan fingerprint density at radius 2 is 1.89 bits per heavy atom. The summed E-state index contributed by atoms with van der Waals surface area (Å²) in [6.45, 7) is 8.59. The third-order valence-electron chi connectivity index (χ3n) is 5.01. The smallest absolute Gasteiger partial charge is 0.301 e. The van der Waals surface area contributed by atoms with Crippen LogP contribution in [0.5, 0.6) is 0 Å². The molecule has 0 radical (unpaired) electrons. The second-order valence-corrected chi connectivity index (χ2v) is 8.85. The molecular formula is C22H28N2O2S. The van der Waals surface area contributed by atoms with Gasteiger partial charge in [0, 0.05) is 11.4 Å². The maximum absolute atomic E-state index is 13.1. The third kappa shape index (κ3) is 4.64. The summed E-state index contributed by atoms with van der Waals surface area (Å²) < 4.78 is 1.38. The Balaban J connectivity index is 1.95. The molecular weight excluding hydrogens is 356 g/mol. The van der Waals surface area contributed by atoms with Gasteiger partial charge in [-0.25, -0.2) is 4.79 Å². The van der Waals surface area contributed by atoms with E-state index in [4.69, 9.17) is 0 Å². The van der Waals surface area contributed by atoms with Crippen molar-refractivity contribution in [1.29, 1.82) is 0 Å². The van der Waals surface area contributed by atoms with Crippen LogP contribution in [0.3, 0.4) is 0 Å². The molecule has 0 saturated carbocycles. The van der Waals surface area contributed by atoms with Crippen molar-refractivity contribution in [1.82, 2.24) is 9.55 Å². The van der Waals surface area contributed by atoms with Gasteiger partial charge in [0.25, 0.3) is 5.56 Å². The summed E-state index contributed by atoms with van der Waals surface area (Å²) in [6.07, 6.45) is 7.43. The molecule has 2 aromatic rings. The Kier molecular flexibility index (Phi) is 6.10. The molecule has 1 aromatic carbocycles. The van der Waals surface area contributed by atoms with E-state index in [1.54, 1.807) is 0 Å². The van der Waals surface area contributed by atoms with Crippen molar-refractivity contribution in [3.05, 3.63) is 67.9 Å². The molecule has 1 atom stereocenters. The van der Waals surface area contributed by atoms with Crippen molar-refractivity contribution >= 4 is 11.8 Å². The molecule has 5 heteroatoms. The van der Waals surface area contributed by atoms with Gasteiger partial charge in [0.2, 0.25) is 0 Å². The summed E-state index contributed by atoms with van der Waals surface area (Å²) in [5.41, 5.74) is 2.58. The predicted molar refractivity (Wildman–Crippen MR) is 112 cm³/mol. The normalized spacial score (nSPS) is 16.4. The molecule has 1 N–H and O–H groups in total. The highest BCUT2D eigenvalue weighted by atomic mass is 32.2. The van der Waals surface area contributed by atoms with Crippen molar-refractivity contribution in [2.24, 2.45) is 5.92 Å². The van der Waals surface area contributed by atoms with Crippen LogP contribution in [0, 0.1) is 19.8 Å². The number of aromatic nitrogens is 2. The van der Waals surface area contributed by atoms with Crippen LogP contribution in [0.25, 0.3) is 0 Å². The number of rotatable bonds is 6. The van der Waals surface area contributed by atoms with Crippen molar-refractivity contribution in [2.45, 2.75) is 69.3 Å². The summed E-state index contributed by atoms with van der Waals surface area (Å²) in [5.74, 6) is 0.517. The zero-order valence-corrected chi connectivity index (χ0v) is 17.4. The number of hydrogen-bond donors (Lipinski definition) is 1. The van der Waals surface area contributed by atoms with Gasteiger partial charge < -0.3 is 4.98 Å². The molecule has 1 aromatic heterocycles. The average Bonchev–Trinajstić information content (AvgIpc) is 3.06. The fourth-order valence-electron chi connectivity index (χ4n) is 3.70. The van der Waals surface area contributed by atoms with Crippen LogP contribution in [0.15, 0.2) is 49.9 Å². The Morgan fingerprint density at radius 3 is 2.48 bits per heavy atom. The summed E-state index contributed by atoms with van der Waals surface area (Å²) in [6, 6.07) is 6.28. The number of hydrogen-bond acceptors (Lipinski definition) is 3. The van der Waals surface area contributed by atoms with Crippen molar-refractivity contribution in [3.63, 3.8) is 0 Å². The maximum atomic E-state index is 13.1. The fraction of sp³-hybridized carbons (Fsp3) is 0.455. The van der Waals surface area contributed by atoms with Gasteiger partial charge in [-0.05, 0) is 68.2 Å². The van der Waals surface area contributed by atoms with Gasteiger partial charge >= 0.3 is 5.69 Å². The molecule has 1 unspecified atom stereocenters. The number of aromatic amines is 1. The zero-order valence-electron chi connectivity index (χ0n) is 16.5. The number of benzene rings is 1. The van der Waals surface area contributed by atoms with Gasteiger partial charge in [0.1, 0.15) is 0 Å². The van der Waals surface area contributed by atoms with Crippen LogP contribution in [0.1, 0.15) is 55.7 Å². The van der Waals surface area contributed by atoms with E-state index in [-0.39, 0.29) is 17.2 Å². The lowest BCUT2D eigenvalue weighted by Gasteiger charge is -2.15. The lowest BCUT2D eigenvalue weighted by molar-refractivity contribution is 0.486. The fourth-order valence-corrected chi connectivity index (χ4v) is 5.00. The first-order valence-corrected chi connectivity index (χ1v) is 10.5. The van der Waals surface area contributed by atoms with E-state index in [0.29, 0.717) is 23.1 Å². The highest BCUT2D eigenvalue weighted by Crippen LogP contribution is 2.31. The Morgan fingerprint density at radius 1 is 1.19 bits per heavy atom. The molecule has 27 heavy (non-hydrogen) atoms. The van der Waals surface area contributed by atoms with E-state index < -0.39 is 0 Å². The molecule has 0 aliphatic heterocycles. The van der Waals surface area contributed by atoms with Crippen molar-refractivity contribution in [2.75, 3.05) is 0 Å². The first-order chi connectivity index (χ1) is 12.8. The van der Waals surface area contributed by atoms with Crippen LogP contribution >= 0.6 is 11.8 Å². The van der Waals surface area contributed by atoms with Crippen LogP contribution in [-0.4, -0.2) is 9.55 Å². The lowest BCUT2D eigenvalue weighted by Crippen LogP contribution is -2.38. The summed E-state index contributed by atoms with van der Waals surface area (Å²) in [5, 5.41) is 0.669. The van der Waals surface area contributed by atoms with E-state index in [1.807, 2.05) is 13.8 Å². The molecule has 0 amide bonds. The van der Waals surface area contributed by atoms with Crippen LogP contribution < -0.4 is 11.2 Å². The average molecular weight is 385 g/mol.